The van der Waals surface area contributed by atoms with E-state index >= 15 is 0 Å². The van der Waals surface area contributed by atoms with Gasteiger partial charge in [0.25, 0.3) is 5.91 Å². The van der Waals surface area contributed by atoms with Crippen molar-refractivity contribution < 1.29 is 9.59 Å². The first-order valence-electron chi connectivity index (χ1n) is 9.05. The van der Waals surface area contributed by atoms with Gasteiger partial charge in [-0.1, -0.05) is 18.2 Å². The molecule has 1 fully saturated rings. The number of nitrogens with zero attached hydrogens (tertiary/aromatic N) is 5. The summed E-state index contributed by atoms with van der Waals surface area (Å²) in [6, 6.07) is 12.8. The summed E-state index contributed by atoms with van der Waals surface area (Å²) in [6.07, 6.45) is 5.47. The minimum absolute atomic E-state index is 0.237. The van der Waals surface area contributed by atoms with Crippen molar-refractivity contribution in [3.8, 4) is 5.69 Å². The third kappa shape index (κ3) is 3.32. The Bertz CT molecular complexity index is 986. The lowest BCUT2D eigenvalue weighted by Crippen LogP contribution is -2.46. The van der Waals surface area contributed by atoms with E-state index < -0.39 is 0 Å². The number of nitrogens with one attached hydrogen (secondary N) is 1. The van der Waals surface area contributed by atoms with Crippen LogP contribution in [0.4, 0.5) is 10.5 Å². The zero-order chi connectivity index (χ0) is 19.5. The Morgan fingerprint density at radius 1 is 1.00 bits per heavy atom. The first kappa shape index (κ1) is 17.7. The van der Waals surface area contributed by atoms with Crippen molar-refractivity contribution in [2.24, 2.45) is 0 Å². The summed E-state index contributed by atoms with van der Waals surface area (Å²) < 4.78 is 1.73. The SMILES string of the molecule is Cc1c(C(=O)N2CCCN2C(=O)Nc2cccnc2)cnn1-c1ccccc1. The lowest BCUT2D eigenvalue weighted by Gasteiger charge is -2.27. The van der Waals surface area contributed by atoms with Crippen LogP contribution in [0.1, 0.15) is 22.5 Å². The van der Waals surface area contributed by atoms with E-state index in [2.05, 4.69) is 15.4 Å². The molecule has 3 aromatic rings. The molecule has 0 bridgehead atoms. The van der Waals surface area contributed by atoms with E-state index in [1.165, 1.54) is 10.0 Å². The molecule has 8 heteroatoms. The Morgan fingerprint density at radius 3 is 2.54 bits per heavy atom. The average molecular weight is 376 g/mol. The van der Waals surface area contributed by atoms with Gasteiger partial charge in [-0.05, 0) is 37.6 Å². The lowest BCUT2D eigenvalue weighted by atomic mass is 10.2. The molecule has 0 saturated carbocycles. The highest BCUT2D eigenvalue weighted by molar-refractivity contribution is 5.98. The number of urea groups is 1. The Kier molecular flexibility index (Phi) is 4.76. The summed E-state index contributed by atoms with van der Waals surface area (Å²) >= 11 is 0. The molecule has 1 aliphatic rings. The van der Waals surface area contributed by atoms with Crippen molar-refractivity contribution in [1.82, 2.24) is 24.8 Å². The molecule has 1 saturated heterocycles. The van der Waals surface area contributed by atoms with Gasteiger partial charge in [0, 0.05) is 19.3 Å². The highest BCUT2D eigenvalue weighted by Gasteiger charge is 2.33. The number of para-hydroxylation sites is 1. The smallest absolute Gasteiger partial charge is 0.305 e. The van der Waals surface area contributed by atoms with Crippen molar-refractivity contribution in [2.45, 2.75) is 13.3 Å². The fourth-order valence-corrected chi connectivity index (χ4v) is 3.25. The number of hydrazine groups is 1. The summed E-state index contributed by atoms with van der Waals surface area (Å²) in [5.74, 6) is -0.237. The van der Waals surface area contributed by atoms with Gasteiger partial charge < -0.3 is 5.32 Å². The van der Waals surface area contributed by atoms with E-state index in [9.17, 15) is 9.59 Å². The van der Waals surface area contributed by atoms with Gasteiger partial charge in [0.1, 0.15) is 0 Å². The van der Waals surface area contributed by atoms with Crippen LogP contribution < -0.4 is 5.32 Å². The molecule has 28 heavy (non-hydrogen) atoms. The fourth-order valence-electron chi connectivity index (χ4n) is 3.25. The average Bonchev–Trinajstić information content (AvgIpc) is 3.36. The summed E-state index contributed by atoms with van der Waals surface area (Å²) in [7, 11) is 0. The predicted molar refractivity (Wildman–Crippen MR) is 104 cm³/mol. The van der Waals surface area contributed by atoms with Crippen LogP contribution in [0.3, 0.4) is 0 Å². The van der Waals surface area contributed by atoms with Crippen LogP contribution in [0.5, 0.6) is 0 Å². The molecule has 1 aliphatic heterocycles. The van der Waals surface area contributed by atoms with Crippen molar-refractivity contribution in [3.05, 3.63) is 72.3 Å². The minimum atomic E-state index is -0.355. The molecule has 0 spiro atoms. The number of hydrogen-bond donors (Lipinski definition) is 1. The van der Waals surface area contributed by atoms with Gasteiger partial charge in [0.15, 0.2) is 0 Å². The molecule has 0 unspecified atom stereocenters. The number of carbonyl (C=O) groups is 2. The quantitative estimate of drug-likeness (QED) is 0.762. The van der Waals surface area contributed by atoms with Crippen molar-refractivity contribution in [1.29, 1.82) is 0 Å². The van der Waals surface area contributed by atoms with E-state index in [4.69, 9.17) is 0 Å². The first-order chi connectivity index (χ1) is 13.6. The van der Waals surface area contributed by atoms with Crippen LogP contribution in [-0.2, 0) is 0 Å². The number of amides is 3. The van der Waals surface area contributed by atoms with Gasteiger partial charge in [0.2, 0.25) is 0 Å². The van der Waals surface area contributed by atoms with Crippen molar-refractivity contribution in [2.75, 3.05) is 18.4 Å². The number of benzene rings is 1. The minimum Gasteiger partial charge on any atom is -0.305 e. The van der Waals surface area contributed by atoms with Crippen LogP contribution in [0.2, 0.25) is 0 Å². The molecule has 0 radical (unpaired) electrons. The highest BCUT2D eigenvalue weighted by Crippen LogP contribution is 2.20. The number of pyridine rings is 1. The van der Waals surface area contributed by atoms with Crippen LogP contribution in [0.15, 0.2) is 61.1 Å². The number of rotatable bonds is 3. The normalized spacial score (nSPS) is 13.6. The highest BCUT2D eigenvalue weighted by atomic mass is 16.2. The van der Waals surface area contributed by atoms with E-state index in [1.807, 2.05) is 37.3 Å². The number of aromatic nitrogens is 3. The van der Waals surface area contributed by atoms with Crippen molar-refractivity contribution in [3.63, 3.8) is 0 Å². The molecule has 0 aliphatic carbocycles. The topological polar surface area (TPSA) is 83.4 Å². The molecule has 2 aromatic heterocycles. The van der Waals surface area contributed by atoms with Gasteiger partial charge in [-0.25, -0.2) is 19.5 Å². The number of hydrogen-bond acceptors (Lipinski definition) is 4. The fraction of sp³-hybridized carbons (Fsp3) is 0.200. The maximum absolute atomic E-state index is 13.1. The molecule has 3 heterocycles. The van der Waals surface area contributed by atoms with Gasteiger partial charge in [-0.2, -0.15) is 5.10 Å². The maximum atomic E-state index is 13.1. The third-order valence-electron chi connectivity index (χ3n) is 4.65. The number of carbonyl (C=O) groups excluding carboxylic acids is 2. The van der Waals surface area contributed by atoms with Crippen molar-refractivity contribution >= 4 is 17.6 Å². The lowest BCUT2D eigenvalue weighted by molar-refractivity contribution is 0.0403. The molecule has 4 rings (SSSR count). The second kappa shape index (κ2) is 7.51. The summed E-state index contributed by atoms with van der Waals surface area (Å²) in [5, 5.41) is 10.0. The van der Waals surface area contributed by atoms with E-state index in [-0.39, 0.29) is 11.9 Å². The molecule has 8 nitrogen and oxygen atoms in total. The molecule has 1 N–H and O–H groups in total. The molecule has 0 atom stereocenters. The largest absolute Gasteiger partial charge is 0.340 e. The van der Waals surface area contributed by atoms with Crippen LogP contribution in [0, 0.1) is 6.92 Å². The summed E-state index contributed by atoms with van der Waals surface area (Å²) in [5.41, 5.74) is 2.67. The Hall–Kier alpha value is -3.68. The van der Waals surface area contributed by atoms with Crippen LogP contribution in [0.25, 0.3) is 5.69 Å². The van der Waals surface area contributed by atoms with E-state index in [1.54, 1.807) is 35.4 Å². The number of anilines is 1. The molecule has 3 amide bonds. The second-order valence-electron chi connectivity index (χ2n) is 6.47. The monoisotopic (exact) mass is 376 g/mol. The van der Waals surface area contributed by atoms with Gasteiger partial charge >= 0.3 is 6.03 Å². The zero-order valence-corrected chi connectivity index (χ0v) is 15.4. The Labute approximate surface area is 162 Å². The van der Waals surface area contributed by atoms with Gasteiger partial charge in [-0.15, -0.1) is 0 Å². The third-order valence-corrected chi connectivity index (χ3v) is 4.65. The Morgan fingerprint density at radius 2 is 1.79 bits per heavy atom. The van der Waals surface area contributed by atoms with E-state index in [0.717, 1.165) is 17.8 Å². The summed E-state index contributed by atoms with van der Waals surface area (Å²) in [6.45, 7) is 2.81. The van der Waals surface area contributed by atoms with Crippen LogP contribution in [-0.4, -0.2) is 49.8 Å². The Balaban J connectivity index is 1.54. The summed E-state index contributed by atoms with van der Waals surface area (Å²) in [4.78, 5) is 29.7. The molecular weight excluding hydrogens is 356 g/mol. The van der Waals surface area contributed by atoms with Crippen LogP contribution >= 0.6 is 0 Å². The first-order valence-corrected chi connectivity index (χ1v) is 9.05. The molecule has 142 valence electrons. The van der Waals surface area contributed by atoms with Gasteiger partial charge in [0.05, 0.1) is 35.0 Å². The maximum Gasteiger partial charge on any atom is 0.340 e. The standard InChI is InChI=1S/C20H20N6O2/c1-15-18(14-22-26(15)17-8-3-2-4-9-17)19(27)24-11-6-12-25(24)20(28)23-16-7-5-10-21-13-16/h2-5,7-10,13-14H,6,11-12H2,1H3,(H,23,28). The zero-order valence-electron chi connectivity index (χ0n) is 15.4. The molecule has 1 aromatic carbocycles. The second-order valence-corrected chi connectivity index (χ2v) is 6.47. The predicted octanol–water partition coefficient (Wildman–Crippen LogP) is 2.87. The van der Waals surface area contributed by atoms with Gasteiger partial charge in [-0.3, -0.25) is 9.78 Å². The molecular formula is C20H20N6O2. The van der Waals surface area contributed by atoms with E-state index in [0.29, 0.717) is 24.3 Å².